The Morgan fingerprint density at radius 1 is 1.34 bits per heavy atom. The van der Waals surface area contributed by atoms with Gasteiger partial charge in [0, 0.05) is 12.7 Å². The number of aromatic nitrogens is 1. The minimum absolute atomic E-state index is 0.0319. The van der Waals surface area contributed by atoms with E-state index in [1.54, 1.807) is 6.20 Å². The highest BCUT2D eigenvalue weighted by atomic mass is 35.5. The van der Waals surface area contributed by atoms with E-state index in [1.807, 2.05) is 0 Å². The molecule has 14 heteroatoms. The smallest absolute Gasteiger partial charge is 0.407 e. The zero-order chi connectivity index (χ0) is 23.3. The molecule has 2 amide bonds. The highest BCUT2D eigenvalue weighted by molar-refractivity contribution is 7.89. The summed E-state index contributed by atoms with van der Waals surface area (Å²) in [5.74, 6) is -0.528. The van der Waals surface area contributed by atoms with Crippen LogP contribution in [-0.4, -0.2) is 60.7 Å². The molecule has 11 nitrogen and oxygen atoms in total. The Balaban J connectivity index is 1.79. The van der Waals surface area contributed by atoms with Gasteiger partial charge >= 0.3 is 6.09 Å². The molecule has 2 aromatic rings. The lowest BCUT2D eigenvalue weighted by atomic mass is 9.98. The normalized spacial score (nSPS) is 19.2. The molecule has 0 bridgehead atoms. The maximum atomic E-state index is 13.3. The Bertz CT molecular complexity index is 1060. The van der Waals surface area contributed by atoms with E-state index in [2.05, 4.69) is 15.0 Å². The predicted octanol–water partition coefficient (Wildman–Crippen LogP) is 1.76. The van der Waals surface area contributed by atoms with Crippen molar-refractivity contribution >= 4 is 45.0 Å². The third-order valence-corrected chi connectivity index (χ3v) is 7.77. The van der Waals surface area contributed by atoms with Crippen LogP contribution in [0.2, 0.25) is 4.47 Å². The van der Waals surface area contributed by atoms with E-state index in [1.165, 1.54) is 41.1 Å². The van der Waals surface area contributed by atoms with E-state index < -0.39 is 34.1 Å². The van der Waals surface area contributed by atoms with E-state index in [0.717, 1.165) is 16.3 Å². The fourth-order valence-corrected chi connectivity index (χ4v) is 5.88. The molecule has 0 radical (unpaired) electrons. The Morgan fingerprint density at radius 3 is 2.66 bits per heavy atom. The van der Waals surface area contributed by atoms with Crippen LogP contribution >= 0.6 is 22.9 Å². The summed E-state index contributed by atoms with van der Waals surface area (Å²) in [7, 11) is -2.98. The maximum absolute atomic E-state index is 13.3. The summed E-state index contributed by atoms with van der Waals surface area (Å²) in [6, 6.07) is 3.46. The van der Waals surface area contributed by atoms with Gasteiger partial charge in [-0.1, -0.05) is 11.6 Å². The monoisotopic (exact) mass is 504 g/mol. The van der Waals surface area contributed by atoms with Crippen molar-refractivity contribution in [2.24, 2.45) is 0 Å². The largest absolute Gasteiger partial charge is 0.488 e. The standard InChI is InChI=1S/C18H21ClN4O7S2/c1-29-18(25)21-14-3-2-8-23(15(14)16(24)22-26)32(27,28)13-6-4-11(5-7-13)30-10-12-9-20-17(19)31-12/h4-7,9,14-15,26H,2-3,8,10H2,1H3,(H,21,25)(H,22,24)/t14-,15+/m0/s1. The van der Waals surface area contributed by atoms with Crippen LogP contribution in [0.1, 0.15) is 17.7 Å². The zero-order valence-electron chi connectivity index (χ0n) is 16.9. The molecule has 3 rings (SSSR count). The summed E-state index contributed by atoms with van der Waals surface area (Å²) in [5.41, 5.74) is 1.48. The molecule has 0 spiro atoms. The molecule has 1 aromatic carbocycles. The number of nitrogens with one attached hydrogen (secondary N) is 2. The highest BCUT2D eigenvalue weighted by Gasteiger charge is 2.44. The second-order valence-corrected chi connectivity index (χ2v) is 10.3. The van der Waals surface area contributed by atoms with Crippen LogP contribution in [-0.2, 0) is 26.2 Å². The van der Waals surface area contributed by atoms with Crippen LogP contribution in [0.3, 0.4) is 0 Å². The SMILES string of the molecule is COC(=O)N[C@H]1CCCN(S(=O)(=O)c2ccc(OCc3cnc(Cl)s3)cc2)[C@H]1C(=O)NO. The number of halogens is 1. The first-order chi connectivity index (χ1) is 15.3. The van der Waals surface area contributed by atoms with Crippen LogP contribution in [0.25, 0.3) is 0 Å². The maximum Gasteiger partial charge on any atom is 0.407 e. The molecule has 1 aromatic heterocycles. The second kappa shape index (κ2) is 10.4. The quantitative estimate of drug-likeness (QED) is 0.381. The Morgan fingerprint density at radius 2 is 2.06 bits per heavy atom. The fourth-order valence-electron chi connectivity index (χ4n) is 3.32. The first-order valence-corrected chi connectivity index (χ1v) is 12.0. The van der Waals surface area contributed by atoms with Gasteiger partial charge in [0.25, 0.3) is 5.91 Å². The van der Waals surface area contributed by atoms with Gasteiger partial charge in [0.2, 0.25) is 10.0 Å². The van der Waals surface area contributed by atoms with Crippen LogP contribution in [0.5, 0.6) is 5.75 Å². The van der Waals surface area contributed by atoms with E-state index in [-0.39, 0.29) is 18.0 Å². The lowest BCUT2D eigenvalue weighted by Crippen LogP contribution is -2.62. The lowest BCUT2D eigenvalue weighted by molar-refractivity contribution is -0.134. The molecule has 1 aliphatic heterocycles. The molecule has 0 saturated carbocycles. The number of carbonyl (C=O) groups is 2. The summed E-state index contributed by atoms with van der Waals surface area (Å²) in [5, 5.41) is 11.6. The second-order valence-electron chi connectivity index (χ2n) is 6.76. The summed E-state index contributed by atoms with van der Waals surface area (Å²) >= 11 is 7.06. The number of carbonyl (C=O) groups excluding carboxylic acids is 2. The van der Waals surface area contributed by atoms with Gasteiger partial charge < -0.3 is 14.8 Å². The third kappa shape index (κ3) is 5.48. The van der Waals surface area contributed by atoms with Crippen molar-refractivity contribution in [1.29, 1.82) is 0 Å². The number of alkyl carbamates (subject to hydrolysis) is 1. The first kappa shape index (κ1) is 24.2. The highest BCUT2D eigenvalue weighted by Crippen LogP contribution is 2.28. The number of hydroxylamine groups is 1. The number of ether oxygens (including phenoxy) is 2. The predicted molar refractivity (Wildman–Crippen MR) is 114 cm³/mol. The minimum Gasteiger partial charge on any atom is -0.488 e. The van der Waals surface area contributed by atoms with E-state index in [4.69, 9.17) is 21.5 Å². The first-order valence-electron chi connectivity index (χ1n) is 9.39. The number of rotatable bonds is 7. The van der Waals surface area contributed by atoms with Crippen molar-refractivity contribution in [3.8, 4) is 5.75 Å². The lowest BCUT2D eigenvalue weighted by Gasteiger charge is -2.38. The fraction of sp³-hybridized carbons (Fsp3) is 0.389. The molecule has 0 aliphatic carbocycles. The van der Waals surface area contributed by atoms with Gasteiger partial charge in [-0.3, -0.25) is 10.0 Å². The molecular weight excluding hydrogens is 484 g/mol. The molecule has 1 saturated heterocycles. The van der Waals surface area contributed by atoms with Gasteiger partial charge in [-0.15, -0.1) is 11.3 Å². The average molecular weight is 505 g/mol. The van der Waals surface area contributed by atoms with Crippen molar-refractivity contribution in [3.63, 3.8) is 0 Å². The van der Waals surface area contributed by atoms with Crippen molar-refractivity contribution < 1.29 is 32.7 Å². The topological polar surface area (TPSA) is 147 Å². The summed E-state index contributed by atoms with van der Waals surface area (Å²) in [4.78, 5) is 28.6. The molecule has 174 valence electrons. The summed E-state index contributed by atoms with van der Waals surface area (Å²) < 4.78 is 38.1. The van der Waals surface area contributed by atoms with Crippen molar-refractivity contribution in [2.75, 3.05) is 13.7 Å². The number of hydrogen-bond acceptors (Lipinski definition) is 9. The number of piperidine rings is 1. The molecule has 2 heterocycles. The number of nitrogens with zero attached hydrogens (tertiary/aromatic N) is 2. The van der Waals surface area contributed by atoms with Gasteiger partial charge in [-0.2, -0.15) is 4.31 Å². The number of methoxy groups -OCH3 is 1. The van der Waals surface area contributed by atoms with E-state index in [9.17, 15) is 18.0 Å². The Labute approximate surface area is 193 Å². The minimum atomic E-state index is -4.13. The van der Waals surface area contributed by atoms with Crippen LogP contribution in [0.15, 0.2) is 35.4 Å². The van der Waals surface area contributed by atoms with Gasteiger partial charge in [0.15, 0.2) is 4.47 Å². The van der Waals surface area contributed by atoms with Gasteiger partial charge in [-0.05, 0) is 37.1 Å². The Kier molecular flexibility index (Phi) is 7.90. The van der Waals surface area contributed by atoms with Crippen molar-refractivity contribution in [2.45, 2.75) is 36.4 Å². The Hall–Kier alpha value is -2.45. The summed E-state index contributed by atoms with van der Waals surface area (Å²) in [6.45, 7) is 0.256. The summed E-state index contributed by atoms with van der Waals surface area (Å²) in [6.07, 6.45) is 1.50. The van der Waals surface area contributed by atoms with E-state index in [0.29, 0.717) is 23.1 Å². The van der Waals surface area contributed by atoms with Crippen molar-refractivity contribution in [1.82, 2.24) is 20.1 Å². The number of sulfonamides is 1. The van der Waals surface area contributed by atoms with E-state index >= 15 is 0 Å². The molecule has 3 N–H and O–H groups in total. The van der Waals surface area contributed by atoms with Gasteiger partial charge in [0.1, 0.15) is 18.4 Å². The molecule has 2 atom stereocenters. The molecule has 1 fully saturated rings. The number of thiazole rings is 1. The van der Waals surface area contributed by atoms with Crippen LogP contribution in [0.4, 0.5) is 4.79 Å². The molecule has 0 unspecified atom stereocenters. The third-order valence-electron chi connectivity index (χ3n) is 4.79. The number of amides is 2. The van der Waals surface area contributed by atoms with Crippen molar-refractivity contribution in [3.05, 3.63) is 39.8 Å². The van der Waals surface area contributed by atoms with Crippen LogP contribution in [0, 0.1) is 0 Å². The molecule has 1 aliphatic rings. The molecular formula is C18H21ClN4O7S2. The van der Waals surface area contributed by atoms with Crippen LogP contribution < -0.4 is 15.5 Å². The number of benzene rings is 1. The van der Waals surface area contributed by atoms with Gasteiger partial charge in [-0.25, -0.2) is 23.7 Å². The average Bonchev–Trinajstić information content (AvgIpc) is 3.22. The zero-order valence-corrected chi connectivity index (χ0v) is 19.2. The molecule has 32 heavy (non-hydrogen) atoms. The number of hydrogen-bond donors (Lipinski definition) is 3. The van der Waals surface area contributed by atoms with Gasteiger partial charge in [0.05, 0.1) is 22.9 Å².